The van der Waals surface area contributed by atoms with E-state index in [0.29, 0.717) is 5.92 Å². The highest BCUT2D eigenvalue weighted by Gasteiger charge is 2.24. The molecule has 13 heavy (non-hydrogen) atoms. The number of nitrogens with two attached hydrogens (primary N) is 1. The first-order valence-electron chi connectivity index (χ1n) is 5.08. The van der Waals surface area contributed by atoms with Crippen molar-refractivity contribution in [3.63, 3.8) is 0 Å². The van der Waals surface area contributed by atoms with E-state index in [9.17, 15) is 9.90 Å². The summed E-state index contributed by atoms with van der Waals surface area (Å²) < 4.78 is 0. The molecule has 0 radical (unpaired) electrons. The fourth-order valence-electron chi connectivity index (χ4n) is 2.04. The number of aliphatic hydroxyl groups excluding tert-OH is 1. The molecule has 1 saturated carbocycles. The van der Waals surface area contributed by atoms with Crippen molar-refractivity contribution >= 4 is 5.91 Å². The van der Waals surface area contributed by atoms with Crippen LogP contribution in [0.1, 0.15) is 39.0 Å². The Hall–Kier alpha value is -0.570. The average Bonchev–Trinajstić information content (AvgIpc) is 2.28. The van der Waals surface area contributed by atoms with Crippen LogP contribution in [-0.2, 0) is 4.79 Å². The summed E-state index contributed by atoms with van der Waals surface area (Å²) in [6.07, 6.45) is 4.52. The summed E-state index contributed by atoms with van der Waals surface area (Å²) in [6, 6.07) is 0. The van der Waals surface area contributed by atoms with Crippen LogP contribution in [0.4, 0.5) is 0 Å². The quantitative estimate of drug-likeness (QED) is 0.631. The Balaban J connectivity index is 2.46. The number of carbonyl (C=O) groups excluding carboxylic acids is 1. The van der Waals surface area contributed by atoms with E-state index in [0.717, 1.165) is 32.1 Å². The minimum absolute atomic E-state index is 0.0368. The summed E-state index contributed by atoms with van der Waals surface area (Å²) in [6.45, 7) is 1.89. The zero-order valence-electron chi connectivity index (χ0n) is 8.20. The summed E-state index contributed by atoms with van der Waals surface area (Å²) in [5.74, 6) is 0.140. The van der Waals surface area contributed by atoms with Crippen molar-refractivity contribution in [1.82, 2.24) is 0 Å². The van der Waals surface area contributed by atoms with Gasteiger partial charge in [0.2, 0.25) is 5.91 Å². The van der Waals surface area contributed by atoms with Gasteiger partial charge in [-0.1, -0.05) is 13.3 Å². The van der Waals surface area contributed by atoms with Crippen LogP contribution in [0.5, 0.6) is 0 Å². The molecule has 76 valence electrons. The molecule has 1 aliphatic rings. The van der Waals surface area contributed by atoms with Crippen molar-refractivity contribution in [2.75, 3.05) is 0 Å². The number of hydrogen-bond donors (Lipinski definition) is 2. The lowest BCUT2D eigenvalue weighted by Crippen LogP contribution is -2.27. The molecule has 3 atom stereocenters. The van der Waals surface area contributed by atoms with Crippen LogP contribution in [0.2, 0.25) is 0 Å². The maximum atomic E-state index is 11.0. The van der Waals surface area contributed by atoms with E-state index in [4.69, 9.17) is 5.73 Å². The van der Waals surface area contributed by atoms with E-state index in [1.54, 1.807) is 0 Å². The zero-order chi connectivity index (χ0) is 9.84. The zero-order valence-corrected chi connectivity index (χ0v) is 8.20. The smallest absolute Gasteiger partial charge is 0.220 e. The first-order chi connectivity index (χ1) is 6.11. The minimum atomic E-state index is -0.207. The largest absolute Gasteiger partial charge is 0.393 e. The Bertz CT molecular complexity index is 182. The predicted octanol–water partition coefficient (Wildman–Crippen LogP) is 1.05. The molecule has 0 heterocycles. The molecule has 3 N–H and O–H groups in total. The number of amides is 1. The Morgan fingerprint density at radius 3 is 2.69 bits per heavy atom. The van der Waals surface area contributed by atoms with E-state index in [2.05, 4.69) is 0 Å². The van der Waals surface area contributed by atoms with Crippen molar-refractivity contribution in [2.24, 2.45) is 17.6 Å². The first-order valence-corrected chi connectivity index (χ1v) is 5.08. The van der Waals surface area contributed by atoms with Gasteiger partial charge in [0.15, 0.2) is 0 Å². The Morgan fingerprint density at radius 2 is 2.08 bits per heavy atom. The van der Waals surface area contributed by atoms with Crippen LogP contribution in [0.15, 0.2) is 0 Å². The highest BCUT2D eigenvalue weighted by Crippen LogP contribution is 2.28. The highest BCUT2D eigenvalue weighted by molar-refractivity contribution is 5.76. The van der Waals surface area contributed by atoms with Crippen LogP contribution in [0.3, 0.4) is 0 Å². The van der Waals surface area contributed by atoms with Crippen LogP contribution >= 0.6 is 0 Å². The molecule has 1 rings (SSSR count). The minimum Gasteiger partial charge on any atom is -0.393 e. The van der Waals surface area contributed by atoms with Crippen LogP contribution in [-0.4, -0.2) is 17.1 Å². The van der Waals surface area contributed by atoms with E-state index >= 15 is 0 Å². The second kappa shape index (κ2) is 4.61. The molecule has 1 amide bonds. The van der Waals surface area contributed by atoms with Gasteiger partial charge in [-0.15, -0.1) is 0 Å². The van der Waals surface area contributed by atoms with Crippen molar-refractivity contribution < 1.29 is 9.90 Å². The van der Waals surface area contributed by atoms with Gasteiger partial charge >= 0.3 is 0 Å². The molecule has 3 nitrogen and oxygen atoms in total. The maximum absolute atomic E-state index is 11.0. The molecule has 0 aromatic carbocycles. The second-order valence-electron chi connectivity index (χ2n) is 4.11. The van der Waals surface area contributed by atoms with E-state index in [-0.39, 0.29) is 17.9 Å². The van der Waals surface area contributed by atoms with Crippen molar-refractivity contribution in [2.45, 2.75) is 45.1 Å². The molecule has 3 heteroatoms. The number of aliphatic hydroxyl groups is 1. The van der Waals surface area contributed by atoms with Gasteiger partial charge in [-0.25, -0.2) is 0 Å². The van der Waals surface area contributed by atoms with E-state index in [1.165, 1.54) is 0 Å². The molecule has 1 fully saturated rings. The molecule has 1 aliphatic carbocycles. The lowest BCUT2D eigenvalue weighted by molar-refractivity contribution is -0.123. The van der Waals surface area contributed by atoms with Gasteiger partial charge in [-0.2, -0.15) is 0 Å². The standard InChI is InChI=1S/C10H19NO2/c1-7(10(11)13)8-3-2-4-9(12)6-5-8/h7-9,12H,2-6H2,1H3,(H2,11,13). The van der Waals surface area contributed by atoms with Gasteiger partial charge < -0.3 is 10.8 Å². The number of primary amides is 1. The van der Waals surface area contributed by atoms with Crippen LogP contribution < -0.4 is 5.73 Å². The molecule has 0 aliphatic heterocycles. The van der Waals surface area contributed by atoms with Gasteiger partial charge in [-0.3, -0.25) is 4.79 Å². The van der Waals surface area contributed by atoms with Gasteiger partial charge in [0, 0.05) is 5.92 Å². The maximum Gasteiger partial charge on any atom is 0.220 e. The van der Waals surface area contributed by atoms with Crippen molar-refractivity contribution in [3.8, 4) is 0 Å². The number of rotatable bonds is 2. The summed E-state index contributed by atoms with van der Waals surface area (Å²) in [5.41, 5.74) is 5.25. The molecule has 0 bridgehead atoms. The molecule has 0 saturated heterocycles. The predicted molar refractivity (Wildman–Crippen MR) is 50.9 cm³/mol. The third kappa shape index (κ3) is 2.99. The third-order valence-electron chi connectivity index (χ3n) is 3.14. The summed E-state index contributed by atoms with van der Waals surface area (Å²) in [7, 11) is 0. The topological polar surface area (TPSA) is 63.3 Å². The monoisotopic (exact) mass is 185 g/mol. The van der Waals surface area contributed by atoms with Crippen molar-refractivity contribution in [3.05, 3.63) is 0 Å². The molecule has 3 unspecified atom stereocenters. The Morgan fingerprint density at radius 1 is 1.38 bits per heavy atom. The normalized spacial score (nSPS) is 32.2. The summed E-state index contributed by atoms with van der Waals surface area (Å²) >= 11 is 0. The first kappa shape index (κ1) is 10.5. The van der Waals surface area contributed by atoms with E-state index in [1.807, 2.05) is 6.92 Å². The lowest BCUT2D eigenvalue weighted by atomic mass is 9.87. The SMILES string of the molecule is CC(C(N)=O)C1CCCC(O)CC1. The van der Waals surface area contributed by atoms with Gasteiger partial charge in [-0.05, 0) is 31.6 Å². The molecular weight excluding hydrogens is 166 g/mol. The molecular formula is C10H19NO2. The average molecular weight is 185 g/mol. The summed E-state index contributed by atoms with van der Waals surface area (Å²) in [5, 5.41) is 9.41. The molecule has 0 aromatic heterocycles. The lowest BCUT2D eigenvalue weighted by Gasteiger charge is -2.18. The molecule has 0 spiro atoms. The van der Waals surface area contributed by atoms with E-state index < -0.39 is 0 Å². The fraction of sp³-hybridized carbons (Fsp3) is 0.900. The number of hydrogen-bond acceptors (Lipinski definition) is 2. The second-order valence-corrected chi connectivity index (χ2v) is 4.11. The third-order valence-corrected chi connectivity index (χ3v) is 3.14. The van der Waals surface area contributed by atoms with Gasteiger partial charge in [0.25, 0.3) is 0 Å². The Kier molecular flexibility index (Phi) is 3.72. The fourth-order valence-corrected chi connectivity index (χ4v) is 2.04. The van der Waals surface area contributed by atoms with Gasteiger partial charge in [0.05, 0.1) is 6.10 Å². The van der Waals surface area contributed by atoms with Crippen molar-refractivity contribution in [1.29, 1.82) is 0 Å². The van der Waals surface area contributed by atoms with Gasteiger partial charge in [0.1, 0.15) is 0 Å². The van der Waals surface area contributed by atoms with Crippen LogP contribution in [0, 0.1) is 11.8 Å². The summed E-state index contributed by atoms with van der Waals surface area (Å²) in [4.78, 5) is 11.0. The Labute approximate surface area is 79.3 Å². The number of carbonyl (C=O) groups is 1. The highest BCUT2D eigenvalue weighted by atomic mass is 16.3. The van der Waals surface area contributed by atoms with Crippen LogP contribution in [0.25, 0.3) is 0 Å². The molecule has 0 aromatic rings.